The molecule has 0 saturated carbocycles. The Bertz CT molecular complexity index is 677. The Labute approximate surface area is 128 Å². The van der Waals surface area contributed by atoms with Gasteiger partial charge in [0.05, 0.1) is 12.5 Å². The van der Waals surface area contributed by atoms with Crippen LogP contribution in [0, 0.1) is 5.41 Å². The highest BCUT2D eigenvalue weighted by Gasteiger charge is 2.41. The predicted octanol–water partition coefficient (Wildman–Crippen LogP) is 3.66. The van der Waals surface area contributed by atoms with Gasteiger partial charge in [-0.25, -0.2) is 0 Å². The number of halogens is 1. The van der Waals surface area contributed by atoms with Gasteiger partial charge in [0.2, 0.25) is 0 Å². The highest BCUT2D eigenvalue weighted by molar-refractivity contribution is 6.30. The number of benzene rings is 1. The second kappa shape index (κ2) is 5.19. The third kappa shape index (κ3) is 2.44. The Morgan fingerprint density at radius 1 is 1.38 bits per heavy atom. The van der Waals surface area contributed by atoms with Crippen LogP contribution in [0.2, 0.25) is 5.02 Å². The zero-order chi connectivity index (χ0) is 15.0. The van der Waals surface area contributed by atoms with Gasteiger partial charge in [-0.2, -0.15) is 0 Å². The molecule has 0 fully saturated rings. The van der Waals surface area contributed by atoms with Crippen molar-refractivity contribution in [2.24, 2.45) is 5.41 Å². The van der Waals surface area contributed by atoms with Gasteiger partial charge >= 0.3 is 5.97 Å². The molecule has 1 aliphatic carbocycles. The molecule has 0 radical (unpaired) electrons. The smallest absolute Gasteiger partial charge is 0.311 e. The molecule has 4 nitrogen and oxygen atoms in total. The van der Waals surface area contributed by atoms with E-state index in [4.69, 9.17) is 20.9 Å². The normalized spacial score (nSPS) is 20.9. The average Bonchev–Trinajstić information content (AvgIpc) is 2.89. The van der Waals surface area contributed by atoms with Gasteiger partial charge in [-0.05, 0) is 31.9 Å². The second-order valence-corrected chi connectivity index (χ2v) is 6.11. The van der Waals surface area contributed by atoms with Crippen molar-refractivity contribution < 1.29 is 14.1 Å². The van der Waals surface area contributed by atoms with E-state index in [0.29, 0.717) is 11.4 Å². The van der Waals surface area contributed by atoms with Crippen LogP contribution in [-0.4, -0.2) is 18.2 Å². The lowest BCUT2D eigenvalue weighted by Gasteiger charge is -2.29. The average molecular weight is 306 g/mol. The summed E-state index contributed by atoms with van der Waals surface area (Å²) in [6, 6.07) is 7.52. The van der Waals surface area contributed by atoms with E-state index >= 15 is 0 Å². The molecule has 2 aromatic rings. The van der Waals surface area contributed by atoms with Gasteiger partial charge in [-0.15, -0.1) is 0 Å². The lowest BCUT2D eigenvalue weighted by atomic mass is 9.75. The number of methoxy groups -OCH3 is 1. The van der Waals surface area contributed by atoms with E-state index in [2.05, 4.69) is 5.16 Å². The summed E-state index contributed by atoms with van der Waals surface area (Å²) >= 11 is 5.91. The molecule has 1 aromatic carbocycles. The number of aromatic nitrogens is 1. The molecule has 110 valence electrons. The predicted molar refractivity (Wildman–Crippen MR) is 79.1 cm³/mol. The summed E-state index contributed by atoms with van der Waals surface area (Å²) in [5.74, 6) is 0.580. The number of fused-ring (bicyclic) bond motifs is 1. The zero-order valence-corrected chi connectivity index (χ0v) is 12.7. The summed E-state index contributed by atoms with van der Waals surface area (Å²) in [5, 5.41) is 4.87. The van der Waals surface area contributed by atoms with Crippen molar-refractivity contribution in [3.05, 3.63) is 40.6 Å². The molecule has 1 unspecified atom stereocenters. The van der Waals surface area contributed by atoms with Gasteiger partial charge in [0.1, 0.15) is 11.5 Å². The van der Waals surface area contributed by atoms with Gasteiger partial charge in [0.15, 0.2) is 0 Å². The van der Waals surface area contributed by atoms with Gasteiger partial charge in [0.25, 0.3) is 0 Å². The van der Waals surface area contributed by atoms with Gasteiger partial charge in [0, 0.05) is 22.6 Å². The molecule has 0 saturated heterocycles. The van der Waals surface area contributed by atoms with E-state index in [1.807, 2.05) is 31.2 Å². The summed E-state index contributed by atoms with van der Waals surface area (Å²) < 4.78 is 10.4. The van der Waals surface area contributed by atoms with Gasteiger partial charge in [-0.3, -0.25) is 4.79 Å². The van der Waals surface area contributed by atoms with Crippen LogP contribution in [0.5, 0.6) is 0 Å². The molecule has 1 aromatic heterocycles. The Morgan fingerprint density at radius 3 is 2.76 bits per heavy atom. The maximum absolute atomic E-state index is 11.9. The summed E-state index contributed by atoms with van der Waals surface area (Å²) in [5.41, 5.74) is 2.37. The van der Waals surface area contributed by atoms with E-state index in [-0.39, 0.29) is 5.97 Å². The van der Waals surface area contributed by atoms with E-state index < -0.39 is 5.41 Å². The van der Waals surface area contributed by atoms with Crippen molar-refractivity contribution in [1.29, 1.82) is 0 Å². The zero-order valence-electron chi connectivity index (χ0n) is 12.0. The number of nitrogens with zero attached hydrogens (tertiary/aromatic N) is 1. The van der Waals surface area contributed by atoms with Crippen LogP contribution in [0.1, 0.15) is 24.7 Å². The molecule has 0 bridgehead atoms. The molecule has 3 rings (SSSR count). The quantitative estimate of drug-likeness (QED) is 0.795. The molecule has 21 heavy (non-hydrogen) atoms. The van der Waals surface area contributed by atoms with E-state index in [9.17, 15) is 4.79 Å². The third-order valence-electron chi connectivity index (χ3n) is 4.14. The topological polar surface area (TPSA) is 52.3 Å². The molecule has 5 heteroatoms. The molecular weight excluding hydrogens is 290 g/mol. The highest BCUT2D eigenvalue weighted by Crippen LogP contribution is 2.40. The molecule has 0 aliphatic heterocycles. The molecular formula is C16H16ClNO3. The van der Waals surface area contributed by atoms with Crippen LogP contribution in [0.3, 0.4) is 0 Å². The minimum atomic E-state index is -0.529. The summed E-state index contributed by atoms with van der Waals surface area (Å²) in [6.45, 7) is 1.91. The molecule has 1 atom stereocenters. The Balaban J connectivity index is 1.94. The Kier molecular flexibility index (Phi) is 3.49. The summed E-state index contributed by atoms with van der Waals surface area (Å²) in [7, 11) is 1.42. The first-order valence-electron chi connectivity index (χ1n) is 6.85. The van der Waals surface area contributed by atoms with Crippen molar-refractivity contribution in [2.45, 2.75) is 26.2 Å². The largest absolute Gasteiger partial charge is 0.469 e. The monoisotopic (exact) mass is 305 g/mol. The van der Waals surface area contributed by atoms with Crippen LogP contribution < -0.4 is 0 Å². The molecule has 1 heterocycles. The number of carbonyl (C=O) groups is 1. The number of esters is 1. The fourth-order valence-electron chi connectivity index (χ4n) is 2.84. The lowest BCUT2D eigenvalue weighted by molar-refractivity contribution is -0.152. The van der Waals surface area contributed by atoms with Crippen molar-refractivity contribution in [3.63, 3.8) is 0 Å². The van der Waals surface area contributed by atoms with Gasteiger partial charge in [-0.1, -0.05) is 28.9 Å². The first-order chi connectivity index (χ1) is 10.0. The molecule has 0 N–H and O–H groups in total. The van der Waals surface area contributed by atoms with Crippen molar-refractivity contribution in [1.82, 2.24) is 5.16 Å². The Hall–Kier alpha value is -1.81. The standard InChI is InChI=1S/C16H16ClNO3/c1-16(15(19)20-2)8-7-12-13(9-16)21-18-14(12)10-3-5-11(17)6-4-10/h3-6H,7-9H2,1-2H3. The minimum absolute atomic E-state index is 0.197. The van der Waals surface area contributed by atoms with E-state index in [1.165, 1.54) is 7.11 Å². The Morgan fingerprint density at radius 2 is 2.10 bits per heavy atom. The van der Waals surface area contributed by atoms with Crippen molar-refractivity contribution >= 4 is 17.6 Å². The van der Waals surface area contributed by atoms with Gasteiger partial charge < -0.3 is 9.26 Å². The number of hydrogen-bond donors (Lipinski definition) is 0. The van der Waals surface area contributed by atoms with Crippen LogP contribution >= 0.6 is 11.6 Å². The fourth-order valence-corrected chi connectivity index (χ4v) is 2.96. The highest BCUT2D eigenvalue weighted by atomic mass is 35.5. The third-order valence-corrected chi connectivity index (χ3v) is 4.39. The number of hydrogen-bond acceptors (Lipinski definition) is 4. The van der Waals surface area contributed by atoms with Crippen molar-refractivity contribution in [3.8, 4) is 11.3 Å². The van der Waals surface area contributed by atoms with Crippen LogP contribution in [0.25, 0.3) is 11.3 Å². The van der Waals surface area contributed by atoms with Crippen LogP contribution in [-0.2, 0) is 22.4 Å². The summed E-state index contributed by atoms with van der Waals surface area (Å²) in [4.78, 5) is 11.9. The lowest BCUT2D eigenvalue weighted by Crippen LogP contribution is -2.34. The van der Waals surface area contributed by atoms with E-state index in [1.54, 1.807) is 0 Å². The maximum atomic E-state index is 11.9. The molecule has 0 spiro atoms. The first-order valence-corrected chi connectivity index (χ1v) is 7.23. The van der Waals surface area contributed by atoms with Crippen molar-refractivity contribution in [2.75, 3.05) is 7.11 Å². The van der Waals surface area contributed by atoms with Crippen LogP contribution in [0.4, 0.5) is 0 Å². The molecule has 1 aliphatic rings. The maximum Gasteiger partial charge on any atom is 0.311 e. The summed E-state index contributed by atoms with van der Waals surface area (Å²) in [6.07, 6.45) is 2.01. The van der Waals surface area contributed by atoms with Crippen LogP contribution in [0.15, 0.2) is 28.8 Å². The molecule has 0 amide bonds. The number of ether oxygens (including phenoxy) is 1. The van der Waals surface area contributed by atoms with E-state index in [0.717, 1.165) is 35.4 Å². The minimum Gasteiger partial charge on any atom is -0.469 e. The number of rotatable bonds is 2. The first kappa shape index (κ1) is 14.1. The fraction of sp³-hybridized carbons (Fsp3) is 0.375. The second-order valence-electron chi connectivity index (χ2n) is 5.67. The number of carbonyl (C=O) groups excluding carboxylic acids is 1. The SMILES string of the molecule is COC(=O)C1(C)CCc2c(-c3ccc(Cl)cc3)noc2C1.